The fourth-order valence-corrected chi connectivity index (χ4v) is 4.79. The lowest BCUT2D eigenvalue weighted by Gasteiger charge is -2.20. The van der Waals surface area contributed by atoms with E-state index >= 15 is 0 Å². The highest BCUT2D eigenvalue weighted by Gasteiger charge is 2.34. The molecule has 6 heteroatoms. The van der Waals surface area contributed by atoms with Gasteiger partial charge < -0.3 is 0 Å². The summed E-state index contributed by atoms with van der Waals surface area (Å²) in [6.45, 7) is 6.15. The Hall–Kier alpha value is -2.13. The van der Waals surface area contributed by atoms with Gasteiger partial charge in [0.2, 0.25) is 0 Å². The number of nitriles is 1. The zero-order valence-electron chi connectivity index (χ0n) is 12.1. The molecule has 2 heterocycles. The van der Waals surface area contributed by atoms with Gasteiger partial charge in [-0.15, -0.1) is 0 Å². The molecule has 0 amide bonds. The first kappa shape index (κ1) is 13.8. The maximum Gasteiger partial charge on any atom is 0.183 e. The Morgan fingerprint density at radius 3 is 2.76 bits per heavy atom. The Morgan fingerprint density at radius 1 is 1.43 bits per heavy atom. The minimum atomic E-state index is -3.39. The van der Waals surface area contributed by atoms with Crippen LogP contribution in [0.3, 0.4) is 0 Å². The molecule has 108 valence electrons. The highest BCUT2D eigenvalue weighted by Crippen LogP contribution is 2.41. The molecule has 0 fully saturated rings. The maximum atomic E-state index is 12.6. The number of sulfone groups is 1. The van der Waals surface area contributed by atoms with E-state index in [0.29, 0.717) is 45.0 Å². The molecular weight excluding hydrogens is 286 g/mol. The molecule has 0 bridgehead atoms. The Kier molecular flexibility index (Phi) is 2.92. The van der Waals surface area contributed by atoms with Crippen LogP contribution in [-0.4, -0.2) is 18.2 Å². The number of fused-ring (bicyclic) bond motifs is 3. The van der Waals surface area contributed by atoms with Crippen LogP contribution >= 0.6 is 0 Å². The number of hydrogen-bond acceptors (Lipinski definition) is 4. The standard InChI is InChI=1S/C15H15N3O2S/c1-4-18-7-12-8-21(19,20)15-9(2)5-11(6-16)10(3)13(15)14(12)17-18/h5,7H,4,8H2,1-3H3. The van der Waals surface area contributed by atoms with Crippen LogP contribution in [0.2, 0.25) is 0 Å². The van der Waals surface area contributed by atoms with Gasteiger partial charge in [-0.05, 0) is 38.0 Å². The highest BCUT2D eigenvalue weighted by molar-refractivity contribution is 7.91. The van der Waals surface area contributed by atoms with Gasteiger partial charge >= 0.3 is 0 Å². The van der Waals surface area contributed by atoms with Crippen molar-refractivity contribution in [2.45, 2.75) is 38.0 Å². The summed E-state index contributed by atoms with van der Waals surface area (Å²) < 4.78 is 26.9. The van der Waals surface area contributed by atoms with E-state index in [1.165, 1.54) is 0 Å². The molecule has 0 N–H and O–H groups in total. The first-order valence-electron chi connectivity index (χ1n) is 6.72. The largest absolute Gasteiger partial charge is 0.272 e. The minimum absolute atomic E-state index is 0.0263. The van der Waals surface area contributed by atoms with Crippen molar-refractivity contribution in [3.05, 3.63) is 34.5 Å². The molecule has 2 aromatic rings. The molecule has 21 heavy (non-hydrogen) atoms. The predicted octanol–water partition coefficient (Wildman–Crippen LogP) is 2.35. The molecule has 0 aliphatic carbocycles. The average molecular weight is 301 g/mol. The van der Waals surface area contributed by atoms with Crippen molar-refractivity contribution < 1.29 is 8.42 Å². The molecule has 5 nitrogen and oxygen atoms in total. The van der Waals surface area contributed by atoms with E-state index in [4.69, 9.17) is 0 Å². The van der Waals surface area contributed by atoms with E-state index in [9.17, 15) is 13.7 Å². The van der Waals surface area contributed by atoms with Crippen LogP contribution in [0.25, 0.3) is 11.3 Å². The Balaban J connectivity index is 2.48. The van der Waals surface area contributed by atoms with E-state index in [0.717, 1.165) is 0 Å². The minimum Gasteiger partial charge on any atom is -0.272 e. The lowest BCUT2D eigenvalue weighted by molar-refractivity contribution is 0.594. The lowest BCUT2D eigenvalue weighted by atomic mass is 9.96. The first-order chi connectivity index (χ1) is 9.89. The summed E-state index contributed by atoms with van der Waals surface area (Å²) in [4.78, 5) is 0.327. The number of nitrogens with zero attached hydrogens (tertiary/aromatic N) is 3. The normalized spacial score (nSPS) is 15.1. The summed E-state index contributed by atoms with van der Waals surface area (Å²) in [5.74, 6) is -0.0263. The van der Waals surface area contributed by atoms with Gasteiger partial charge in [0.25, 0.3) is 0 Å². The second-order valence-electron chi connectivity index (χ2n) is 5.30. The van der Waals surface area contributed by atoms with Gasteiger partial charge in [-0.3, -0.25) is 4.68 Å². The number of aromatic nitrogens is 2. The Morgan fingerprint density at radius 2 is 2.14 bits per heavy atom. The molecule has 1 aliphatic rings. The van der Waals surface area contributed by atoms with Crippen molar-refractivity contribution in [1.29, 1.82) is 5.26 Å². The van der Waals surface area contributed by atoms with E-state index in [1.807, 2.05) is 6.92 Å². The predicted molar refractivity (Wildman–Crippen MR) is 78.4 cm³/mol. The molecule has 1 aromatic heterocycles. The fourth-order valence-electron chi connectivity index (χ4n) is 2.91. The van der Waals surface area contributed by atoms with Gasteiger partial charge in [0, 0.05) is 23.9 Å². The summed E-state index contributed by atoms with van der Waals surface area (Å²) >= 11 is 0. The molecule has 0 saturated heterocycles. The fraction of sp³-hybridized carbons (Fsp3) is 0.333. The zero-order valence-corrected chi connectivity index (χ0v) is 13.0. The van der Waals surface area contributed by atoms with Crippen molar-refractivity contribution in [1.82, 2.24) is 9.78 Å². The number of aryl methyl sites for hydroxylation is 2. The van der Waals surface area contributed by atoms with E-state index in [-0.39, 0.29) is 5.75 Å². The zero-order chi connectivity index (χ0) is 15.4. The topological polar surface area (TPSA) is 75.8 Å². The Bertz CT molecular complexity index is 902. The third kappa shape index (κ3) is 1.88. The SMILES string of the molecule is CCn1cc2c(n1)-c1c(C)c(C#N)cc(C)c1S(=O)(=O)C2. The van der Waals surface area contributed by atoms with E-state index in [2.05, 4.69) is 11.2 Å². The Labute approximate surface area is 123 Å². The summed E-state index contributed by atoms with van der Waals surface area (Å²) in [5, 5.41) is 13.7. The van der Waals surface area contributed by atoms with Crippen molar-refractivity contribution in [3.8, 4) is 17.3 Å². The van der Waals surface area contributed by atoms with Crippen LogP contribution < -0.4 is 0 Å². The van der Waals surface area contributed by atoms with E-state index < -0.39 is 9.84 Å². The molecule has 1 aliphatic heterocycles. The maximum absolute atomic E-state index is 12.6. The van der Waals surface area contributed by atoms with Crippen LogP contribution in [-0.2, 0) is 22.1 Å². The second-order valence-corrected chi connectivity index (χ2v) is 7.23. The summed E-state index contributed by atoms with van der Waals surface area (Å²) in [6.07, 6.45) is 1.78. The molecule has 0 radical (unpaired) electrons. The van der Waals surface area contributed by atoms with Gasteiger partial charge in [0.1, 0.15) is 0 Å². The second kappa shape index (κ2) is 4.43. The average Bonchev–Trinajstić information content (AvgIpc) is 2.82. The van der Waals surface area contributed by atoms with Gasteiger partial charge in [0.05, 0.1) is 28.0 Å². The monoisotopic (exact) mass is 301 g/mol. The van der Waals surface area contributed by atoms with Gasteiger partial charge in [-0.25, -0.2) is 8.42 Å². The van der Waals surface area contributed by atoms with Crippen molar-refractivity contribution in [2.24, 2.45) is 0 Å². The van der Waals surface area contributed by atoms with Crippen LogP contribution in [0.4, 0.5) is 0 Å². The summed E-state index contributed by atoms with van der Waals surface area (Å²) in [6, 6.07) is 3.78. The van der Waals surface area contributed by atoms with Gasteiger partial charge in [-0.2, -0.15) is 10.4 Å². The smallest absolute Gasteiger partial charge is 0.183 e. The molecule has 1 aromatic carbocycles. The molecule has 3 rings (SSSR count). The van der Waals surface area contributed by atoms with Gasteiger partial charge in [0.15, 0.2) is 9.84 Å². The quantitative estimate of drug-likeness (QED) is 0.810. The summed E-state index contributed by atoms with van der Waals surface area (Å²) in [7, 11) is -3.39. The third-order valence-corrected chi connectivity index (χ3v) is 5.74. The third-order valence-electron chi connectivity index (χ3n) is 3.90. The molecular formula is C15H15N3O2S. The molecule has 0 atom stereocenters. The van der Waals surface area contributed by atoms with Gasteiger partial charge in [-0.1, -0.05) is 0 Å². The van der Waals surface area contributed by atoms with Crippen LogP contribution in [0.5, 0.6) is 0 Å². The van der Waals surface area contributed by atoms with Crippen LogP contribution in [0.15, 0.2) is 17.2 Å². The number of hydrogen-bond donors (Lipinski definition) is 0. The molecule has 0 unspecified atom stereocenters. The van der Waals surface area contributed by atoms with Crippen molar-refractivity contribution in [2.75, 3.05) is 0 Å². The highest BCUT2D eigenvalue weighted by atomic mass is 32.2. The number of rotatable bonds is 1. The van der Waals surface area contributed by atoms with Crippen molar-refractivity contribution >= 4 is 9.84 Å². The lowest BCUT2D eigenvalue weighted by Crippen LogP contribution is -2.15. The molecule has 0 saturated carbocycles. The van der Waals surface area contributed by atoms with Crippen molar-refractivity contribution in [3.63, 3.8) is 0 Å². The molecule has 0 spiro atoms. The van der Waals surface area contributed by atoms with Crippen LogP contribution in [0, 0.1) is 25.2 Å². The van der Waals surface area contributed by atoms with E-state index in [1.54, 1.807) is 30.8 Å². The number of benzene rings is 1. The van der Waals surface area contributed by atoms with Crippen LogP contribution in [0.1, 0.15) is 29.2 Å². The first-order valence-corrected chi connectivity index (χ1v) is 8.38. The summed E-state index contributed by atoms with van der Waals surface area (Å²) in [5.41, 5.74) is 3.80.